The summed E-state index contributed by atoms with van der Waals surface area (Å²) in [6, 6.07) is 7.79. The Morgan fingerprint density at radius 1 is 1.04 bits per heavy atom. The number of hydrogen-bond acceptors (Lipinski definition) is 3. The summed E-state index contributed by atoms with van der Waals surface area (Å²) in [5.41, 5.74) is 1.03. The highest BCUT2D eigenvalue weighted by molar-refractivity contribution is 5.79. The summed E-state index contributed by atoms with van der Waals surface area (Å²) in [6.07, 6.45) is 5.49. The van der Waals surface area contributed by atoms with Crippen molar-refractivity contribution < 1.29 is 14.3 Å². The van der Waals surface area contributed by atoms with Crippen molar-refractivity contribution in [1.82, 2.24) is 10.6 Å². The molecule has 0 aromatic heterocycles. The zero-order valence-electron chi connectivity index (χ0n) is 16.3. The molecule has 5 nitrogen and oxygen atoms in total. The van der Waals surface area contributed by atoms with E-state index in [1.54, 1.807) is 0 Å². The van der Waals surface area contributed by atoms with Crippen molar-refractivity contribution in [2.24, 2.45) is 5.92 Å². The molecular formula is C21H32N2O3. The molecule has 1 saturated carbocycles. The molecule has 0 saturated heterocycles. The predicted molar refractivity (Wildman–Crippen MR) is 103 cm³/mol. The molecule has 0 radical (unpaired) electrons. The molecule has 2 N–H and O–H groups in total. The first-order valence-electron chi connectivity index (χ1n) is 9.64. The lowest BCUT2D eigenvalue weighted by Gasteiger charge is -2.22. The van der Waals surface area contributed by atoms with Gasteiger partial charge in [0, 0.05) is 19.0 Å². The highest BCUT2D eigenvalue weighted by Gasteiger charge is 2.21. The Balaban J connectivity index is 1.67. The van der Waals surface area contributed by atoms with E-state index in [9.17, 15) is 9.59 Å². The van der Waals surface area contributed by atoms with Crippen LogP contribution in [0, 0.1) is 5.92 Å². The molecule has 0 atom stereocenters. The highest BCUT2D eigenvalue weighted by Crippen LogP contribution is 2.30. The predicted octanol–water partition coefficient (Wildman–Crippen LogP) is 3.18. The van der Waals surface area contributed by atoms with Gasteiger partial charge in [0.15, 0.2) is 6.61 Å². The Hall–Kier alpha value is -2.04. The van der Waals surface area contributed by atoms with E-state index < -0.39 is 0 Å². The second-order valence-corrected chi connectivity index (χ2v) is 8.01. The third-order valence-corrected chi connectivity index (χ3v) is 4.78. The second kappa shape index (κ2) is 9.60. The van der Waals surface area contributed by atoms with Gasteiger partial charge < -0.3 is 15.4 Å². The van der Waals surface area contributed by atoms with Crippen molar-refractivity contribution in [3.8, 4) is 5.75 Å². The van der Waals surface area contributed by atoms with E-state index in [1.807, 2.05) is 24.3 Å². The molecule has 26 heavy (non-hydrogen) atoms. The number of hydrogen-bond donors (Lipinski definition) is 2. The molecule has 0 bridgehead atoms. The fraction of sp³-hybridized carbons (Fsp3) is 0.619. The van der Waals surface area contributed by atoms with Crippen molar-refractivity contribution in [2.45, 2.75) is 58.3 Å². The number of amides is 2. The monoisotopic (exact) mass is 360 g/mol. The summed E-state index contributed by atoms with van der Waals surface area (Å²) in [5.74, 6) is 0.826. The van der Waals surface area contributed by atoms with Crippen LogP contribution in [-0.2, 0) is 15.0 Å². The molecule has 1 aliphatic carbocycles. The number of nitrogens with one attached hydrogen (secondary N) is 2. The van der Waals surface area contributed by atoms with Gasteiger partial charge in [-0.3, -0.25) is 9.59 Å². The maximum atomic E-state index is 12.0. The van der Waals surface area contributed by atoms with Crippen molar-refractivity contribution >= 4 is 11.8 Å². The standard InChI is InChI=1S/C21H32N2O3/c1-21(2,3)17-11-7-8-12-18(17)26-15-19(24)22-13-14-23-20(25)16-9-5-4-6-10-16/h7-8,11-12,16H,4-6,9-10,13-15H2,1-3H3,(H,22,24)(H,23,25). The topological polar surface area (TPSA) is 67.4 Å². The van der Waals surface area contributed by atoms with Crippen LogP contribution in [-0.4, -0.2) is 31.5 Å². The third kappa shape index (κ3) is 6.36. The SMILES string of the molecule is CC(C)(C)c1ccccc1OCC(=O)NCCNC(=O)C1CCCCC1. The van der Waals surface area contributed by atoms with Gasteiger partial charge in [0.05, 0.1) is 0 Å². The summed E-state index contributed by atoms with van der Waals surface area (Å²) in [5, 5.41) is 5.71. The summed E-state index contributed by atoms with van der Waals surface area (Å²) in [7, 11) is 0. The van der Waals surface area contributed by atoms with Gasteiger partial charge in [0.1, 0.15) is 5.75 Å². The Bertz CT molecular complexity index is 602. The molecule has 1 aromatic carbocycles. The van der Waals surface area contributed by atoms with E-state index in [4.69, 9.17) is 4.74 Å². The lowest BCUT2D eigenvalue weighted by atomic mass is 9.86. The minimum atomic E-state index is -0.180. The van der Waals surface area contributed by atoms with Crippen molar-refractivity contribution in [1.29, 1.82) is 0 Å². The minimum Gasteiger partial charge on any atom is -0.483 e. The average Bonchev–Trinajstić information content (AvgIpc) is 2.63. The van der Waals surface area contributed by atoms with E-state index in [0.717, 1.165) is 37.0 Å². The van der Waals surface area contributed by atoms with Gasteiger partial charge >= 0.3 is 0 Å². The van der Waals surface area contributed by atoms with Gasteiger partial charge in [-0.2, -0.15) is 0 Å². The van der Waals surface area contributed by atoms with Crippen LogP contribution in [0.5, 0.6) is 5.75 Å². The maximum absolute atomic E-state index is 12.0. The van der Waals surface area contributed by atoms with Crippen molar-refractivity contribution in [3.05, 3.63) is 29.8 Å². The lowest BCUT2D eigenvalue weighted by molar-refractivity contribution is -0.126. The van der Waals surface area contributed by atoms with Gasteiger partial charge in [0.25, 0.3) is 5.91 Å². The van der Waals surface area contributed by atoms with Gasteiger partial charge in [-0.25, -0.2) is 0 Å². The first-order valence-corrected chi connectivity index (χ1v) is 9.64. The van der Waals surface area contributed by atoms with Crippen LogP contribution >= 0.6 is 0 Å². The molecule has 0 heterocycles. The number of para-hydroxylation sites is 1. The van der Waals surface area contributed by atoms with Gasteiger partial charge in [0.2, 0.25) is 5.91 Å². The maximum Gasteiger partial charge on any atom is 0.258 e. The number of ether oxygens (including phenoxy) is 1. The normalized spacial score (nSPS) is 15.3. The number of carbonyl (C=O) groups excluding carboxylic acids is 2. The molecule has 0 aliphatic heterocycles. The van der Waals surface area contributed by atoms with E-state index >= 15 is 0 Å². The Labute approximate surface area is 156 Å². The first kappa shape index (κ1) is 20.3. The molecule has 1 aromatic rings. The largest absolute Gasteiger partial charge is 0.483 e. The van der Waals surface area contributed by atoms with E-state index in [2.05, 4.69) is 31.4 Å². The molecule has 5 heteroatoms. The number of benzene rings is 1. The van der Waals surface area contributed by atoms with Crippen LogP contribution in [0.3, 0.4) is 0 Å². The Morgan fingerprint density at radius 3 is 2.38 bits per heavy atom. The summed E-state index contributed by atoms with van der Waals surface area (Å²) in [4.78, 5) is 24.0. The lowest BCUT2D eigenvalue weighted by Crippen LogP contribution is -2.39. The molecule has 2 amide bonds. The molecular weight excluding hydrogens is 328 g/mol. The van der Waals surface area contributed by atoms with Crippen LogP contribution < -0.4 is 15.4 Å². The number of carbonyl (C=O) groups is 2. The summed E-state index contributed by atoms with van der Waals surface area (Å²) < 4.78 is 5.70. The molecule has 144 valence electrons. The van der Waals surface area contributed by atoms with Crippen molar-refractivity contribution in [2.75, 3.05) is 19.7 Å². The van der Waals surface area contributed by atoms with Crippen LogP contribution in [0.15, 0.2) is 24.3 Å². The molecule has 0 unspecified atom stereocenters. The third-order valence-electron chi connectivity index (χ3n) is 4.78. The molecule has 1 fully saturated rings. The van der Waals surface area contributed by atoms with E-state index in [-0.39, 0.29) is 29.8 Å². The molecule has 1 aliphatic rings. The summed E-state index contributed by atoms with van der Waals surface area (Å²) >= 11 is 0. The average molecular weight is 360 g/mol. The fourth-order valence-electron chi connectivity index (χ4n) is 3.30. The van der Waals surface area contributed by atoms with Crippen LogP contribution in [0.2, 0.25) is 0 Å². The smallest absolute Gasteiger partial charge is 0.258 e. The van der Waals surface area contributed by atoms with Crippen LogP contribution in [0.4, 0.5) is 0 Å². The quantitative estimate of drug-likeness (QED) is 0.734. The highest BCUT2D eigenvalue weighted by atomic mass is 16.5. The van der Waals surface area contributed by atoms with Gasteiger partial charge in [-0.15, -0.1) is 0 Å². The van der Waals surface area contributed by atoms with E-state index in [0.29, 0.717) is 13.1 Å². The van der Waals surface area contributed by atoms with Crippen LogP contribution in [0.25, 0.3) is 0 Å². The number of rotatable bonds is 7. The zero-order chi connectivity index (χ0) is 19.0. The van der Waals surface area contributed by atoms with E-state index in [1.165, 1.54) is 6.42 Å². The van der Waals surface area contributed by atoms with Crippen molar-refractivity contribution in [3.63, 3.8) is 0 Å². The molecule has 2 rings (SSSR count). The molecule has 0 spiro atoms. The first-order chi connectivity index (χ1) is 12.4. The Kier molecular flexibility index (Phi) is 7.49. The summed E-state index contributed by atoms with van der Waals surface area (Å²) in [6.45, 7) is 7.20. The fourth-order valence-corrected chi connectivity index (χ4v) is 3.30. The zero-order valence-corrected chi connectivity index (χ0v) is 16.3. The minimum absolute atomic E-state index is 0.0241. The van der Waals surface area contributed by atoms with Gasteiger partial charge in [-0.1, -0.05) is 58.2 Å². The van der Waals surface area contributed by atoms with Crippen LogP contribution in [0.1, 0.15) is 58.4 Å². The Morgan fingerprint density at radius 2 is 1.69 bits per heavy atom. The second-order valence-electron chi connectivity index (χ2n) is 8.01. The van der Waals surface area contributed by atoms with Gasteiger partial charge in [-0.05, 0) is 29.9 Å².